The van der Waals surface area contributed by atoms with Crippen LogP contribution in [0.1, 0.15) is 374 Å². The fourth-order valence-corrected chi connectivity index (χ4v) is 12.6. The molecule has 0 bridgehead atoms. The number of phosphoric ester groups is 2. The predicted octanol–water partition coefficient (Wildman–Crippen LogP) is 21.8. The highest BCUT2D eigenvalue weighted by molar-refractivity contribution is 7.47. The number of allylic oxidation sites excluding steroid dienone is 4. The molecule has 0 saturated heterocycles. The number of aliphatic hydroxyl groups excluding tert-OH is 1. The molecule has 0 radical (unpaired) electrons. The molecule has 0 aromatic carbocycles. The van der Waals surface area contributed by atoms with Crippen molar-refractivity contribution in [3.8, 4) is 0 Å². The standard InChI is InChI=1S/C75H142O17P2/c1-5-9-13-17-21-24-27-30-33-36-38-41-44-48-52-56-60-73(78)86-66-71(92-75(80)62-58-54-50-46-43-40-37-34-31-28-25-22-18-14-10-6-2)68-90-94(83,84)88-64-69(76)63-87-93(81,82)89-67-70(65-85-72(77)59-55-51-47-20-16-12-8-4)91-74(79)61-57-53-49-45-42-39-35-32-29-26-23-19-15-11-7-3/h26,29,32,35,69-71,76H,5-25,27-28,30-31,33-34,36-68H2,1-4H3,(H,81,82)(H,83,84)/b29-26-,35-32-/t69-,70+,71+/m0/s1. The first-order chi connectivity index (χ1) is 45.7. The zero-order chi connectivity index (χ0) is 69.0. The molecule has 554 valence electrons. The molecule has 0 amide bonds. The summed E-state index contributed by atoms with van der Waals surface area (Å²) in [5, 5.41) is 10.6. The number of ether oxygens (including phenoxy) is 4. The Morgan fingerprint density at radius 1 is 0.298 bits per heavy atom. The Kier molecular flexibility index (Phi) is 67.2. The summed E-state index contributed by atoms with van der Waals surface area (Å²) in [6, 6.07) is 0. The highest BCUT2D eigenvalue weighted by Gasteiger charge is 2.30. The summed E-state index contributed by atoms with van der Waals surface area (Å²) >= 11 is 0. The van der Waals surface area contributed by atoms with Gasteiger partial charge in [0.1, 0.15) is 19.3 Å². The average molecular weight is 1380 g/mol. The van der Waals surface area contributed by atoms with Gasteiger partial charge in [-0.15, -0.1) is 0 Å². The van der Waals surface area contributed by atoms with Crippen LogP contribution in [0.2, 0.25) is 0 Å². The van der Waals surface area contributed by atoms with E-state index in [1.54, 1.807) is 0 Å². The fraction of sp³-hybridized carbons (Fsp3) is 0.893. The van der Waals surface area contributed by atoms with Crippen LogP contribution in [0, 0.1) is 0 Å². The molecular formula is C75H142O17P2. The molecule has 0 aromatic rings. The molecule has 5 atom stereocenters. The maximum absolute atomic E-state index is 13.1. The Balaban J connectivity index is 5.23. The number of aliphatic hydroxyl groups is 1. The van der Waals surface area contributed by atoms with Gasteiger partial charge in [0.25, 0.3) is 0 Å². The number of phosphoric acid groups is 2. The molecule has 0 fully saturated rings. The van der Waals surface area contributed by atoms with Crippen LogP contribution in [0.4, 0.5) is 0 Å². The van der Waals surface area contributed by atoms with Gasteiger partial charge in [-0.1, -0.05) is 322 Å². The van der Waals surface area contributed by atoms with Gasteiger partial charge >= 0.3 is 39.5 Å². The summed E-state index contributed by atoms with van der Waals surface area (Å²) in [5.41, 5.74) is 0. The van der Waals surface area contributed by atoms with Crippen LogP contribution in [-0.2, 0) is 65.4 Å². The number of unbranched alkanes of at least 4 members (excludes halogenated alkanes) is 45. The highest BCUT2D eigenvalue weighted by Crippen LogP contribution is 2.45. The van der Waals surface area contributed by atoms with E-state index >= 15 is 0 Å². The van der Waals surface area contributed by atoms with Crippen molar-refractivity contribution >= 4 is 39.5 Å². The van der Waals surface area contributed by atoms with E-state index in [4.69, 9.17) is 37.0 Å². The van der Waals surface area contributed by atoms with Crippen LogP contribution < -0.4 is 0 Å². The Morgan fingerprint density at radius 2 is 0.511 bits per heavy atom. The van der Waals surface area contributed by atoms with Crippen molar-refractivity contribution in [2.45, 2.75) is 393 Å². The Labute approximate surface area is 573 Å². The number of carbonyl (C=O) groups is 4. The number of hydrogen-bond donors (Lipinski definition) is 3. The SMILES string of the molecule is CCCCCC/C=C\C=C/CCCCCCCC(=O)O[C@H](COC(=O)CCCCCCCCC)COP(=O)(O)OC[C@H](O)COP(=O)(O)OC[C@@H](COC(=O)CCCCCCCCCCCCCCCCCC)OC(=O)CCCCCCCCCCCCCCCCCC. The predicted molar refractivity (Wildman–Crippen MR) is 381 cm³/mol. The fourth-order valence-electron chi connectivity index (χ4n) is 11.0. The summed E-state index contributed by atoms with van der Waals surface area (Å²) in [6.45, 7) is 4.88. The van der Waals surface area contributed by atoms with E-state index in [-0.39, 0.29) is 25.7 Å². The van der Waals surface area contributed by atoms with Crippen LogP contribution >= 0.6 is 15.6 Å². The number of carbonyl (C=O) groups excluding carboxylic acids is 4. The molecule has 2 unspecified atom stereocenters. The molecule has 0 heterocycles. The van der Waals surface area contributed by atoms with Gasteiger partial charge < -0.3 is 33.8 Å². The normalized spacial score (nSPS) is 14.1. The topological polar surface area (TPSA) is 237 Å². The van der Waals surface area contributed by atoms with Crippen molar-refractivity contribution in [2.75, 3.05) is 39.6 Å². The lowest BCUT2D eigenvalue weighted by atomic mass is 10.0. The zero-order valence-electron chi connectivity index (χ0n) is 60.4. The molecule has 94 heavy (non-hydrogen) atoms. The van der Waals surface area contributed by atoms with E-state index in [9.17, 15) is 43.2 Å². The van der Waals surface area contributed by atoms with E-state index in [0.717, 1.165) is 116 Å². The first-order valence-electron chi connectivity index (χ1n) is 38.6. The van der Waals surface area contributed by atoms with E-state index in [1.165, 1.54) is 180 Å². The number of hydrogen-bond acceptors (Lipinski definition) is 15. The summed E-state index contributed by atoms with van der Waals surface area (Å²) in [4.78, 5) is 72.6. The quantitative estimate of drug-likeness (QED) is 0.0169. The number of rotatable bonds is 74. The van der Waals surface area contributed by atoms with Crippen LogP contribution in [-0.4, -0.2) is 96.7 Å². The Morgan fingerprint density at radius 3 is 0.777 bits per heavy atom. The number of esters is 4. The minimum absolute atomic E-state index is 0.0852. The molecule has 19 heteroatoms. The lowest BCUT2D eigenvalue weighted by molar-refractivity contribution is -0.161. The third kappa shape index (κ3) is 68.1. The van der Waals surface area contributed by atoms with Gasteiger partial charge in [0.05, 0.1) is 26.4 Å². The van der Waals surface area contributed by atoms with E-state index < -0.39 is 97.5 Å². The highest BCUT2D eigenvalue weighted by atomic mass is 31.2. The molecule has 17 nitrogen and oxygen atoms in total. The molecular weight excluding hydrogens is 1230 g/mol. The van der Waals surface area contributed by atoms with Crippen molar-refractivity contribution in [2.24, 2.45) is 0 Å². The van der Waals surface area contributed by atoms with Crippen molar-refractivity contribution in [3.05, 3.63) is 24.3 Å². The second kappa shape index (κ2) is 69.0. The smallest absolute Gasteiger partial charge is 0.462 e. The summed E-state index contributed by atoms with van der Waals surface area (Å²) in [5.74, 6) is -2.15. The third-order valence-electron chi connectivity index (χ3n) is 17.0. The van der Waals surface area contributed by atoms with Gasteiger partial charge in [0, 0.05) is 25.7 Å². The third-order valence-corrected chi connectivity index (χ3v) is 18.9. The van der Waals surface area contributed by atoms with Crippen LogP contribution in [0.5, 0.6) is 0 Å². The lowest BCUT2D eigenvalue weighted by Crippen LogP contribution is -2.30. The van der Waals surface area contributed by atoms with Crippen molar-refractivity contribution in [1.82, 2.24) is 0 Å². The second-order valence-electron chi connectivity index (χ2n) is 26.4. The van der Waals surface area contributed by atoms with Gasteiger partial charge in [0.2, 0.25) is 0 Å². The summed E-state index contributed by atoms with van der Waals surface area (Å²) in [6.07, 6.45) is 61.9. The van der Waals surface area contributed by atoms with Crippen molar-refractivity contribution in [3.63, 3.8) is 0 Å². The van der Waals surface area contributed by atoms with E-state index in [0.29, 0.717) is 25.7 Å². The first kappa shape index (κ1) is 91.5. The Bertz CT molecular complexity index is 1880. The second-order valence-corrected chi connectivity index (χ2v) is 29.3. The van der Waals surface area contributed by atoms with Gasteiger partial charge in [-0.2, -0.15) is 0 Å². The largest absolute Gasteiger partial charge is 0.472 e. The Hall–Kier alpha value is -2.46. The molecule has 0 spiro atoms. The maximum Gasteiger partial charge on any atom is 0.472 e. The molecule has 0 saturated carbocycles. The molecule has 0 aliphatic heterocycles. The van der Waals surface area contributed by atoms with E-state index in [1.807, 2.05) is 0 Å². The maximum atomic E-state index is 13.1. The van der Waals surface area contributed by atoms with Gasteiger partial charge in [0.15, 0.2) is 12.2 Å². The molecule has 0 rings (SSSR count). The van der Waals surface area contributed by atoms with Gasteiger partial charge in [-0.3, -0.25) is 37.3 Å². The lowest BCUT2D eigenvalue weighted by Gasteiger charge is -2.21. The minimum Gasteiger partial charge on any atom is -0.462 e. The van der Waals surface area contributed by atoms with Crippen LogP contribution in [0.25, 0.3) is 0 Å². The average Bonchev–Trinajstić information content (AvgIpc) is 1.67. The van der Waals surface area contributed by atoms with Crippen molar-refractivity contribution < 1.29 is 80.2 Å². The van der Waals surface area contributed by atoms with Gasteiger partial charge in [-0.25, -0.2) is 9.13 Å². The molecule has 0 aliphatic carbocycles. The minimum atomic E-state index is -4.96. The van der Waals surface area contributed by atoms with Crippen LogP contribution in [0.3, 0.4) is 0 Å². The molecule has 3 N–H and O–H groups in total. The first-order valence-corrected chi connectivity index (χ1v) is 41.6. The molecule has 0 aliphatic rings. The van der Waals surface area contributed by atoms with Crippen LogP contribution in [0.15, 0.2) is 24.3 Å². The van der Waals surface area contributed by atoms with E-state index in [2.05, 4.69) is 52.0 Å². The summed E-state index contributed by atoms with van der Waals surface area (Å²) in [7, 11) is -9.92. The molecule has 0 aromatic heterocycles. The van der Waals surface area contributed by atoms with Crippen molar-refractivity contribution in [1.29, 1.82) is 0 Å². The monoisotopic (exact) mass is 1380 g/mol. The van der Waals surface area contributed by atoms with Gasteiger partial charge in [-0.05, 0) is 51.4 Å². The zero-order valence-corrected chi connectivity index (χ0v) is 62.2. The summed E-state index contributed by atoms with van der Waals surface area (Å²) < 4.78 is 68.3.